The second-order valence-corrected chi connectivity index (χ2v) is 7.66. The molecule has 0 N–H and O–H groups in total. The van der Waals surface area contributed by atoms with Crippen molar-refractivity contribution in [2.45, 2.75) is 44.2 Å². The molecule has 2 saturated heterocycles. The number of piperidine rings is 1. The topological polar surface area (TPSA) is 28.6 Å². The normalized spacial score (nSPS) is 26.3. The van der Waals surface area contributed by atoms with Crippen molar-refractivity contribution >= 4 is 0 Å². The quantitative estimate of drug-likeness (QED) is 0.854. The summed E-state index contributed by atoms with van der Waals surface area (Å²) >= 11 is 0. The average molecular weight is 315 g/mol. The molecule has 0 unspecified atom stereocenters. The Balaban J connectivity index is 1.30. The highest BCUT2D eigenvalue weighted by molar-refractivity contribution is 5.04. The molecule has 2 aliphatic heterocycles. The first-order chi connectivity index (χ1) is 11.3. The molecule has 1 saturated carbocycles. The van der Waals surface area contributed by atoms with Crippen molar-refractivity contribution in [3.63, 3.8) is 0 Å². The third-order valence-corrected chi connectivity index (χ3v) is 5.95. The molecule has 3 aliphatic rings. The van der Waals surface area contributed by atoms with Crippen LogP contribution >= 0.6 is 0 Å². The maximum atomic E-state index is 6.28. The van der Waals surface area contributed by atoms with E-state index in [9.17, 15) is 0 Å². The monoisotopic (exact) mass is 315 g/mol. The van der Waals surface area contributed by atoms with Gasteiger partial charge < -0.3 is 9.64 Å². The molecule has 3 fully saturated rings. The number of ether oxygens (including phenoxy) is 1. The van der Waals surface area contributed by atoms with E-state index in [2.05, 4.69) is 26.9 Å². The predicted molar refractivity (Wildman–Crippen MR) is 91.2 cm³/mol. The Labute approximate surface area is 139 Å². The van der Waals surface area contributed by atoms with Crippen LogP contribution in [0.15, 0.2) is 24.4 Å². The number of hydrogen-bond acceptors (Lipinski definition) is 4. The summed E-state index contributed by atoms with van der Waals surface area (Å²) < 4.78 is 6.28. The van der Waals surface area contributed by atoms with E-state index in [4.69, 9.17) is 4.74 Å². The lowest BCUT2D eigenvalue weighted by Crippen LogP contribution is -2.57. The fraction of sp³-hybridized carbons (Fsp3) is 0.737. The van der Waals surface area contributed by atoms with E-state index in [1.165, 1.54) is 57.4 Å². The third kappa shape index (κ3) is 3.76. The summed E-state index contributed by atoms with van der Waals surface area (Å²) in [5, 5.41) is 0. The molecule has 1 aliphatic carbocycles. The number of nitrogens with zero attached hydrogens (tertiary/aromatic N) is 3. The molecule has 23 heavy (non-hydrogen) atoms. The van der Waals surface area contributed by atoms with Crippen molar-refractivity contribution in [3.8, 4) is 0 Å². The van der Waals surface area contributed by atoms with Crippen LogP contribution in [0.3, 0.4) is 0 Å². The van der Waals surface area contributed by atoms with Gasteiger partial charge in [0.2, 0.25) is 0 Å². The number of aromatic nitrogens is 1. The largest absolute Gasteiger partial charge is 0.372 e. The fourth-order valence-corrected chi connectivity index (χ4v) is 4.27. The summed E-state index contributed by atoms with van der Waals surface area (Å²) in [6, 6.07) is 6.20. The maximum absolute atomic E-state index is 6.28. The number of rotatable bonds is 4. The molecular weight excluding hydrogens is 286 g/mol. The Morgan fingerprint density at radius 3 is 2.70 bits per heavy atom. The van der Waals surface area contributed by atoms with Crippen molar-refractivity contribution in [1.29, 1.82) is 0 Å². The summed E-state index contributed by atoms with van der Waals surface area (Å²) in [4.78, 5) is 9.69. The van der Waals surface area contributed by atoms with Gasteiger partial charge in [0, 0.05) is 45.5 Å². The van der Waals surface area contributed by atoms with Gasteiger partial charge in [0.25, 0.3) is 0 Å². The molecule has 0 amide bonds. The molecule has 0 bridgehead atoms. The van der Waals surface area contributed by atoms with Crippen LogP contribution in [-0.4, -0.2) is 59.7 Å². The summed E-state index contributed by atoms with van der Waals surface area (Å²) in [5.74, 6) is 0.983. The van der Waals surface area contributed by atoms with Gasteiger partial charge >= 0.3 is 0 Å². The van der Waals surface area contributed by atoms with Crippen molar-refractivity contribution in [2.24, 2.45) is 5.92 Å². The smallest absolute Gasteiger partial charge is 0.0833 e. The SMILES string of the molecule is c1ccc(CN2CCOC3(CCN(CC4CCC4)CC3)C2)nc1. The van der Waals surface area contributed by atoms with Gasteiger partial charge in [-0.05, 0) is 43.7 Å². The van der Waals surface area contributed by atoms with Crippen LogP contribution < -0.4 is 0 Å². The van der Waals surface area contributed by atoms with E-state index >= 15 is 0 Å². The van der Waals surface area contributed by atoms with Crippen LogP contribution in [0.25, 0.3) is 0 Å². The zero-order valence-corrected chi connectivity index (χ0v) is 14.1. The second kappa shape index (κ2) is 6.88. The summed E-state index contributed by atoms with van der Waals surface area (Å²) in [5.41, 5.74) is 1.27. The Kier molecular flexibility index (Phi) is 4.65. The first kappa shape index (κ1) is 15.6. The van der Waals surface area contributed by atoms with Gasteiger partial charge in [0.05, 0.1) is 17.9 Å². The van der Waals surface area contributed by atoms with Gasteiger partial charge in [-0.25, -0.2) is 0 Å². The van der Waals surface area contributed by atoms with Crippen molar-refractivity contribution in [2.75, 3.05) is 39.3 Å². The molecule has 0 atom stereocenters. The van der Waals surface area contributed by atoms with Crippen LogP contribution in [0, 0.1) is 5.92 Å². The molecule has 1 aromatic rings. The number of morpholine rings is 1. The van der Waals surface area contributed by atoms with Gasteiger partial charge in [-0.2, -0.15) is 0 Å². The minimum Gasteiger partial charge on any atom is -0.372 e. The maximum Gasteiger partial charge on any atom is 0.0833 e. The summed E-state index contributed by atoms with van der Waals surface area (Å²) in [7, 11) is 0. The summed E-state index contributed by atoms with van der Waals surface area (Å²) in [6.07, 6.45) is 8.64. The van der Waals surface area contributed by atoms with Crippen molar-refractivity contribution in [3.05, 3.63) is 30.1 Å². The number of pyridine rings is 1. The minimum atomic E-state index is 0.100. The molecule has 1 spiro atoms. The van der Waals surface area contributed by atoms with Gasteiger partial charge in [0.1, 0.15) is 0 Å². The lowest BCUT2D eigenvalue weighted by atomic mass is 9.83. The van der Waals surface area contributed by atoms with E-state index in [-0.39, 0.29) is 5.60 Å². The lowest BCUT2D eigenvalue weighted by Gasteiger charge is -2.48. The van der Waals surface area contributed by atoms with Gasteiger partial charge in [0.15, 0.2) is 0 Å². The molecule has 126 valence electrons. The Morgan fingerprint density at radius 1 is 1.13 bits per heavy atom. The zero-order valence-electron chi connectivity index (χ0n) is 14.1. The molecule has 0 radical (unpaired) electrons. The first-order valence-corrected chi connectivity index (χ1v) is 9.30. The lowest BCUT2D eigenvalue weighted by molar-refractivity contribution is -0.138. The van der Waals surface area contributed by atoms with Crippen LogP contribution in [0.4, 0.5) is 0 Å². The van der Waals surface area contributed by atoms with E-state index < -0.39 is 0 Å². The molecule has 4 heteroatoms. The van der Waals surface area contributed by atoms with Crippen LogP contribution in [0.1, 0.15) is 37.8 Å². The molecular formula is C19H29N3O. The minimum absolute atomic E-state index is 0.100. The van der Waals surface area contributed by atoms with E-state index in [0.29, 0.717) is 0 Å². The van der Waals surface area contributed by atoms with E-state index in [1.54, 1.807) is 0 Å². The third-order valence-electron chi connectivity index (χ3n) is 5.95. The Morgan fingerprint density at radius 2 is 2.00 bits per heavy atom. The molecule has 3 heterocycles. The Bertz CT molecular complexity index is 495. The van der Waals surface area contributed by atoms with Gasteiger partial charge in [-0.1, -0.05) is 12.5 Å². The number of likely N-dealkylation sites (tertiary alicyclic amines) is 1. The molecule has 0 aromatic carbocycles. The van der Waals surface area contributed by atoms with Crippen molar-refractivity contribution < 1.29 is 4.74 Å². The average Bonchev–Trinajstić information content (AvgIpc) is 2.54. The standard InChI is InChI=1S/C19H29N3O/c1-2-9-20-18(6-1)15-22-12-13-23-19(16-22)7-10-21(11-8-19)14-17-4-3-5-17/h1-2,6,9,17H,3-5,7-8,10-16H2. The van der Waals surface area contributed by atoms with Gasteiger partial charge in [-0.15, -0.1) is 0 Å². The highest BCUT2D eigenvalue weighted by Gasteiger charge is 2.40. The van der Waals surface area contributed by atoms with Crippen LogP contribution in [-0.2, 0) is 11.3 Å². The zero-order chi connectivity index (χ0) is 15.5. The fourth-order valence-electron chi connectivity index (χ4n) is 4.27. The summed E-state index contributed by atoms with van der Waals surface area (Å²) in [6.45, 7) is 7.69. The highest BCUT2D eigenvalue weighted by Crippen LogP contribution is 2.33. The van der Waals surface area contributed by atoms with Gasteiger partial charge in [-0.3, -0.25) is 9.88 Å². The number of hydrogen-bond donors (Lipinski definition) is 0. The predicted octanol–water partition coefficient (Wildman–Crippen LogP) is 2.55. The van der Waals surface area contributed by atoms with E-state index in [1.807, 2.05) is 12.3 Å². The molecule has 1 aromatic heterocycles. The second-order valence-electron chi connectivity index (χ2n) is 7.66. The van der Waals surface area contributed by atoms with Crippen molar-refractivity contribution in [1.82, 2.24) is 14.8 Å². The molecule has 4 rings (SSSR count). The van der Waals surface area contributed by atoms with Crippen LogP contribution in [0.5, 0.6) is 0 Å². The van der Waals surface area contributed by atoms with E-state index in [0.717, 1.165) is 32.2 Å². The molecule has 4 nitrogen and oxygen atoms in total. The highest BCUT2D eigenvalue weighted by atomic mass is 16.5. The van der Waals surface area contributed by atoms with Crippen LogP contribution in [0.2, 0.25) is 0 Å². The first-order valence-electron chi connectivity index (χ1n) is 9.30. The Hall–Kier alpha value is -0.970.